The van der Waals surface area contributed by atoms with Crippen LogP contribution in [0.2, 0.25) is 0 Å². The van der Waals surface area contributed by atoms with Crippen LogP contribution in [0.3, 0.4) is 0 Å². The zero-order valence-electron chi connectivity index (χ0n) is 17.3. The number of hydrogen-bond donors (Lipinski definition) is 3. The summed E-state index contributed by atoms with van der Waals surface area (Å²) in [6.07, 6.45) is -0.341. The van der Waals surface area contributed by atoms with E-state index in [1.54, 1.807) is 36.4 Å². The summed E-state index contributed by atoms with van der Waals surface area (Å²) >= 11 is 0. The predicted octanol–water partition coefficient (Wildman–Crippen LogP) is 3.40. The molecule has 0 radical (unpaired) electrons. The van der Waals surface area contributed by atoms with E-state index >= 15 is 0 Å². The van der Waals surface area contributed by atoms with Crippen molar-refractivity contribution in [1.82, 2.24) is 10.2 Å². The van der Waals surface area contributed by atoms with Crippen LogP contribution in [-0.2, 0) is 4.74 Å². The lowest BCUT2D eigenvalue weighted by molar-refractivity contribution is -0.0176. The summed E-state index contributed by atoms with van der Waals surface area (Å²) in [7, 11) is 0. The normalized spacial score (nSPS) is 18.7. The molecule has 2 heterocycles. The summed E-state index contributed by atoms with van der Waals surface area (Å²) in [5.41, 5.74) is 10.0. The van der Waals surface area contributed by atoms with Crippen molar-refractivity contribution >= 4 is 17.5 Å². The Bertz CT molecular complexity index is 1130. The van der Waals surface area contributed by atoms with Gasteiger partial charge in [-0.15, -0.1) is 10.2 Å². The third-order valence-electron chi connectivity index (χ3n) is 5.45. The first kappa shape index (κ1) is 20.6. The Morgan fingerprint density at radius 1 is 1.16 bits per heavy atom. The molecule has 1 aliphatic heterocycles. The molecule has 2 aromatic carbocycles. The molecule has 4 rings (SSSR count). The Morgan fingerprint density at radius 2 is 1.94 bits per heavy atom. The van der Waals surface area contributed by atoms with Crippen molar-refractivity contribution in [2.75, 3.05) is 23.7 Å². The number of rotatable bonds is 4. The number of nitrogens with zero attached hydrogens (tertiary/aromatic N) is 3. The molecule has 0 aliphatic carbocycles. The molecule has 8 nitrogen and oxygen atoms in total. The van der Waals surface area contributed by atoms with Crippen LogP contribution in [0, 0.1) is 6.92 Å². The highest BCUT2D eigenvalue weighted by Crippen LogP contribution is 2.35. The number of morpholine rings is 1. The minimum Gasteiger partial charge on any atom is -0.507 e. The predicted molar refractivity (Wildman–Crippen MR) is 117 cm³/mol. The van der Waals surface area contributed by atoms with Gasteiger partial charge in [-0.05, 0) is 55.3 Å². The summed E-state index contributed by atoms with van der Waals surface area (Å²) in [5.74, 6) is -0.540. The van der Waals surface area contributed by atoms with Crippen LogP contribution in [0.1, 0.15) is 34.5 Å². The fourth-order valence-electron chi connectivity index (χ4n) is 3.96. The lowest BCUT2D eigenvalue weighted by Crippen LogP contribution is -2.43. The van der Waals surface area contributed by atoms with E-state index in [1.807, 2.05) is 26.0 Å². The number of nitrogen functional groups attached to an aromatic ring is 1. The number of aromatic nitrogens is 2. The standard InChI is InChI=1S/C23H24N4O4/c1-13-9-15(23(29)30)7-8-16(13)21-12-27(11-14(2)31-21)19-10-18(25-26-22(19)24)17-5-3-4-6-20(17)28/h3-10,14,21,28H,11-12H2,1-2H3,(H2,24,26)(H,29,30)/t14-,21-/m0/s1. The van der Waals surface area contributed by atoms with Gasteiger partial charge in [0.1, 0.15) is 11.9 Å². The average Bonchev–Trinajstić information content (AvgIpc) is 2.74. The van der Waals surface area contributed by atoms with Crippen molar-refractivity contribution in [2.45, 2.75) is 26.1 Å². The number of aryl methyl sites for hydroxylation is 1. The van der Waals surface area contributed by atoms with Crippen LogP contribution in [0.25, 0.3) is 11.3 Å². The van der Waals surface area contributed by atoms with Crippen LogP contribution in [0.4, 0.5) is 11.5 Å². The van der Waals surface area contributed by atoms with Crippen molar-refractivity contribution in [3.63, 3.8) is 0 Å². The largest absolute Gasteiger partial charge is 0.507 e. The van der Waals surface area contributed by atoms with E-state index in [0.29, 0.717) is 35.9 Å². The molecule has 0 saturated carbocycles. The number of anilines is 2. The monoisotopic (exact) mass is 420 g/mol. The number of ether oxygens (including phenoxy) is 1. The molecule has 8 heteroatoms. The number of para-hydroxylation sites is 1. The van der Waals surface area contributed by atoms with E-state index < -0.39 is 5.97 Å². The van der Waals surface area contributed by atoms with E-state index in [2.05, 4.69) is 15.1 Å². The number of aromatic carboxylic acids is 1. The van der Waals surface area contributed by atoms with Crippen molar-refractivity contribution < 1.29 is 19.7 Å². The van der Waals surface area contributed by atoms with Crippen LogP contribution in [-0.4, -0.2) is 45.6 Å². The Labute approximate surface area is 179 Å². The quantitative estimate of drug-likeness (QED) is 0.587. The first-order valence-electron chi connectivity index (χ1n) is 9.99. The number of phenolic OH excluding ortho intramolecular Hbond substituents is 1. The average molecular weight is 420 g/mol. The fourth-order valence-corrected chi connectivity index (χ4v) is 3.96. The van der Waals surface area contributed by atoms with Gasteiger partial charge in [0.15, 0.2) is 5.82 Å². The van der Waals surface area contributed by atoms with Gasteiger partial charge in [-0.3, -0.25) is 0 Å². The fraction of sp³-hybridized carbons (Fsp3) is 0.261. The van der Waals surface area contributed by atoms with Gasteiger partial charge in [0, 0.05) is 18.7 Å². The SMILES string of the molecule is Cc1cc(C(=O)O)ccc1[C@@H]1CN(c2cc(-c3ccccc3O)nnc2N)C[C@H](C)O1. The van der Waals surface area contributed by atoms with Crippen molar-refractivity contribution in [1.29, 1.82) is 0 Å². The summed E-state index contributed by atoms with van der Waals surface area (Å²) < 4.78 is 6.17. The van der Waals surface area contributed by atoms with E-state index in [1.165, 1.54) is 0 Å². The number of benzene rings is 2. The molecule has 1 aromatic heterocycles. The van der Waals surface area contributed by atoms with Gasteiger partial charge in [0.2, 0.25) is 0 Å². The third kappa shape index (κ3) is 4.15. The molecule has 1 aliphatic rings. The molecular weight excluding hydrogens is 396 g/mol. The van der Waals surface area contributed by atoms with Gasteiger partial charge in [0.25, 0.3) is 0 Å². The number of nitrogens with two attached hydrogens (primary N) is 1. The first-order chi connectivity index (χ1) is 14.8. The molecule has 160 valence electrons. The maximum atomic E-state index is 11.3. The molecule has 31 heavy (non-hydrogen) atoms. The number of aromatic hydroxyl groups is 1. The number of carboxylic acid groups (broad SMARTS) is 1. The zero-order valence-corrected chi connectivity index (χ0v) is 17.3. The van der Waals surface area contributed by atoms with Gasteiger partial charge >= 0.3 is 5.97 Å². The van der Waals surface area contributed by atoms with E-state index in [-0.39, 0.29) is 23.5 Å². The van der Waals surface area contributed by atoms with Gasteiger partial charge in [-0.2, -0.15) is 0 Å². The number of hydrogen-bond acceptors (Lipinski definition) is 7. The van der Waals surface area contributed by atoms with Gasteiger partial charge < -0.3 is 25.6 Å². The molecule has 0 spiro atoms. The summed E-state index contributed by atoms with van der Waals surface area (Å²) in [5, 5.41) is 27.7. The first-order valence-corrected chi connectivity index (χ1v) is 9.99. The van der Waals surface area contributed by atoms with Crippen molar-refractivity contribution in [3.8, 4) is 17.0 Å². The minimum absolute atomic E-state index is 0.0848. The van der Waals surface area contributed by atoms with Crippen molar-refractivity contribution in [3.05, 3.63) is 65.2 Å². The van der Waals surface area contributed by atoms with Crippen LogP contribution in [0.15, 0.2) is 48.5 Å². The number of phenols is 1. The molecule has 3 aromatic rings. The Morgan fingerprint density at radius 3 is 2.65 bits per heavy atom. The van der Waals surface area contributed by atoms with Gasteiger partial charge in [-0.25, -0.2) is 4.79 Å². The third-order valence-corrected chi connectivity index (χ3v) is 5.45. The number of carboxylic acids is 1. The van der Waals surface area contributed by atoms with E-state index in [0.717, 1.165) is 11.1 Å². The molecule has 1 saturated heterocycles. The molecule has 1 fully saturated rings. The Hall–Kier alpha value is -3.65. The highest BCUT2D eigenvalue weighted by Gasteiger charge is 2.29. The lowest BCUT2D eigenvalue weighted by Gasteiger charge is -2.39. The molecule has 0 unspecified atom stereocenters. The topological polar surface area (TPSA) is 122 Å². The summed E-state index contributed by atoms with van der Waals surface area (Å²) in [4.78, 5) is 13.4. The highest BCUT2D eigenvalue weighted by molar-refractivity contribution is 5.87. The van der Waals surface area contributed by atoms with Crippen LogP contribution < -0.4 is 10.6 Å². The summed E-state index contributed by atoms with van der Waals surface area (Å²) in [6.45, 7) is 4.99. The second kappa shape index (κ2) is 8.23. The van der Waals surface area contributed by atoms with Gasteiger partial charge in [-0.1, -0.05) is 18.2 Å². The molecular formula is C23H24N4O4. The minimum atomic E-state index is -0.957. The smallest absolute Gasteiger partial charge is 0.335 e. The Balaban J connectivity index is 1.67. The molecule has 0 amide bonds. The maximum Gasteiger partial charge on any atom is 0.335 e. The molecule has 4 N–H and O–H groups in total. The van der Waals surface area contributed by atoms with Gasteiger partial charge in [0.05, 0.1) is 23.0 Å². The van der Waals surface area contributed by atoms with E-state index in [9.17, 15) is 15.0 Å². The van der Waals surface area contributed by atoms with Crippen LogP contribution >= 0.6 is 0 Å². The molecule has 0 bridgehead atoms. The lowest BCUT2D eigenvalue weighted by atomic mass is 9.98. The maximum absolute atomic E-state index is 11.3. The van der Waals surface area contributed by atoms with Crippen molar-refractivity contribution in [2.24, 2.45) is 0 Å². The van der Waals surface area contributed by atoms with Crippen LogP contribution in [0.5, 0.6) is 5.75 Å². The zero-order chi connectivity index (χ0) is 22.1. The Kier molecular flexibility index (Phi) is 5.48. The van der Waals surface area contributed by atoms with E-state index in [4.69, 9.17) is 10.5 Å². The summed E-state index contributed by atoms with van der Waals surface area (Å²) in [6, 6.07) is 13.8. The second-order valence-electron chi connectivity index (χ2n) is 7.73. The molecule has 2 atom stereocenters. The number of carbonyl (C=O) groups is 1. The highest BCUT2D eigenvalue weighted by atomic mass is 16.5. The second-order valence-corrected chi connectivity index (χ2v) is 7.73.